The smallest absolute Gasteiger partial charge is 0.356 e. The molecular formula is C27H30B2Cl3N3O7P2S2. The fraction of sp³-hybridized carbons (Fsp3) is 0.444. The molecule has 46 heavy (non-hydrogen) atoms. The second-order valence-corrected chi connectivity index (χ2v) is 15.7. The Bertz CT molecular complexity index is 1430. The average Bonchev–Trinajstić information content (AvgIpc) is 3.01. The Morgan fingerprint density at radius 3 is 1.85 bits per heavy atom. The van der Waals surface area contributed by atoms with Crippen LogP contribution in [0.2, 0.25) is 0 Å². The van der Waals surface area contributed by atoms with Crippen molar-refractivity contribution in [1.82, 2.24) is 9.80 Å². The number of halogens is 3. The van der Waals surface area contributed by atoms with E-state index in [1.165, 1.54) is 33.3 Å². The van der Waals surface area contributed by atoms with Crippen LogP contribution in [0.3, 0.4) is 0 Å². The maximum absolute atomic E-state index is 12.7. The first kappa shape index (κ1) is 39.2. The lowest BCUT2D eigenvalue weighted by Crippen LogP contribution is -2.68. The van der Waals surface area contributed by atoms with Gasteiger partial charge in [-0.05, 0) is 30.0 Å². The summed E-state index contributed by atoms with van der Waals surface area (Å²) in [4.78, 5) is 64.0. The highest BCUT2D eigenvalue weighted by Gasteiger charge is 2.54. The van der Waals surface area contributed by atoms with Crippen LogP contribution in [0, 0.1) is 5.92 Å². The lowest BCUT2D eigenvalue weighted by molar-refractivity contribution is -0.153. The molecule has 0 spiro atoms. The molecule has 4 aliphatic heterocycles. The quantitative estimate of drug-likeness (QED) is 0.163. The zero-order valence-corrected chi connectivity index (χ0v) is 30.5. The van der Waals surface area contributed by atoms with Crippen molar-refractivity contribution in [1.29, 1.82) is 0 Å². The number of nitrogens with zero attached hydrogens (tertiary/aromatic N) is 2. The van der Waals surface area contributed by atoms with E-state index in [2.05, 4.69) is 0 Å². The number of thioether (sulfide) groups is 2. The molecule has 0 aromatic heterocycles. The van der Waals surface area contributed by atoms with E-state index in [1.54, 1.807) is 13.3 Å². The highest BCUT2D eigenvalue weighted by Crippen LogP contribution is 2.46. The SMILES string of the molecule is Cl.[B]P(C)OC(=O)C1=C(CCl)CSC2[C@H](CC(=O)Cc3ccccc3)C(=O)N12.[B]P(C)OC(=O)C1=C(CCl)CSC2[C@H](N)C(=O)N12. The fourth-order valence-corrected chi connectivity index (χ4v) is 9.14. The Kier molecular flexibility index (Phi) is 14.9. The first-order chi connectivity index (χ1) is 21.4. The summed E-state index contributed by atoms with van der Waals surface area (Å²) in [6.45, 7) is 3.21. The predicted octanol–water partition coefficient (Wildman–Crippen LogP) is 3.66. The number of alkyl halides is 2. The third-order valence-electron chi connectivity index (χ3n) is 7.10. The molecule has 2 saturated heterocycles. The summed E-state index contributed by atoms with van der Waals surface area (Å²) in [5, 5.41) is -0.444. The van der Waals surface area contributed by atoms with Gasteiger partial charge in [0.2, 0.25) is 11.8 Å². The summed E-state index contributed by atoms with van der Waals surface area (Å²) < 4.78 is 10.1. The normalized spacial score (nSPS) is 24.5. The molecule has 2 amide bonds. The van der Waals surface area contributed by atoms with Gasteiger partial charge in [-0.15, -0.1) is 59.1 Å². The summed E-state index contributed by atoms with van der Waals surface area (Å²) in [5.41, 5.74) is 8.37. The van der Waals surface area contributed by atoms with Gasteiger partial charge in [0.15, 0.2) is 15.1 Å². The predicted molar refractivity (Wildman–Crippen MR) is 190 cm³/mol. The van der Waals surface area contributed by atoms with Crippen molar-refractivity contribution >= 4 is 120 Å². The van der Waals surface area contributed by atoms with Crippen LogP contribution in [0.1, 0.15) is 12.0 Å². The topological polar surface area (TPSA) is 136 Å². The number of Topliss-reactive ketones (excluding diaryl/α,β-unsaturated/α-hetero) is 1. The van der Waals surface area contributed by atoms with Crippen LogP contribution in [0.5, 0.6) is 0 Å². The number of nitrogens with two attached hydrogens (primary N) is 1. The molecule has 2 fully saturated rings. The van der Waals surface area contributed by atoms with Gasteiger partial charge in [-0.1, -0.05) is 30.3 Å². The maximum atomic E-state index is 12.7. The van der Waals surface area contributed by atoms with Crippen molar-refractivity contribution in [3.05, 3.63) is 58.4 Å². The Hall–Kier alpha value is -1.23. The molecule has 1 aromatic rings. The molecule has 4 unspecified atom stereocenters. The fourth-order valence-electron chi connectivity index (χ4n) is 5.07. The van der Waals surface area contributed by atoms with Crippen LogP contribution in [0.25, 0.3) is 0 Å². The minimum atomic E-state index is -1.39. The number of fused-ring (bicyclic) bond motifs is 2. The number of benzene rings is 1. The van der Waals surface area contributed by atoms with Gasteiger partial charge in [0.25, 0.3) is 0 Å². The molecule has 0 aliphatic carbocycles. The van der Waals surface area contributed by atoms with E-state index in [4.69, 9.17) is 53.1 Å². The monoisotopic (exact) mass is 761 g/mol. The highest BCUT2D eigenvalue weighted by atomic mass is 35.5. The second kappa shape index (κ2) is 17.4. The van der Waals surface area contributed by atoms with E-state index in [0.717, 1.165) is 5.56 Å². The van der Waals surface area contributed by atoms with E-state index in [-0.39, 0.29) is 70.3 Å². The number of β-lactam (4-membered cyclic amide) rings is 2. The zero-order chi connectivity index (χ0) is 33.0. The first-order valence-electron chi connectivity index (χ1n) is 13.6. The van der Waals surface area contributed by atoms with Gasteiger partial charge in [0, 0.05) is 52.2 Å². The Morgan fingerprint density at radius 1 is 0.891 bits per heavy atom. The molecule has 2 N–H and O–H groups in total. The Labute approximate surface area is 297 Å². The van der Waals surface area contributed by atoms with Gasteiger partial charge in [-0.3, -0.25) is 24.2 Å². The van der Waals surface area contributed by atoms with Crippen molar-refractivity contribution in [2.24, 2.45) is 11.7 Å². The van der Waals surface area contributed by atoms with E-state index >= 15 is 0 Å². The molecule has 244 valence electrons. The van der Waals surface area contributed by atoms with Crippen molar-refractivity contribution in [2.45, 2.75) is 29.6 Å². The second-order valence-electron chi connectivity index (χ2n) is 10.4. The molecule has 0 saturated carbocycles. The van der Waals surface area contributed by atoms with Crippen LogP contribution in [-0.4, -0.2) is 108 Å². The molecule has 1 aromatic carbocycles. The molecule has 4 heterocycles. The minimum Gasteiger partial charge on any atom is -0.452 e. The molecule has 4 aliphatic rings. The summed E-state index contributed by atoms with van der Waals surface area (Å²) in [7, 11) is 8.36. The molecular weight excluding hydrogens is 732 g/mol. The zero-order valence-electron chi connectivity index (χ0n) is 24.8. The lowest BCUT2D eigenvalue weighted by atomic mass is 9.89. The molecule has 4 radical (unpaired) electrons. The van der Waals surface area contributed by atoms with Gasteiger partial charge >= 0.3 is 11.9 Å². The van der Waals surface area contributed by atoms with Crippen LogP contribution >= 0.6 is 75.2 Å². The molecule has 10 nitrogen and oxygen atoms in total. The number of ketones is 1. The standard InChI is InChI=1S/C18H18BClNO4PS.C9H11BClN2O3PS.ClH/c1-26(19)25-18(24)15-12(9-20)10-27-17-14(16(23)21(15)17)8-13(22)7-11-5-3-2-4-6-11;1-17(10)16-9(15)6-4(2-11)3-18-8-5(12)7(14)13(6)8;/h2-6,14,17H,7-10H2,1H3;5,8H,2-3,12H2,1H3;1H/t14-,17?,26?;5-,8?,17?;/m11./s1. The molecule has 19 heteroatoms. The molecule has 6 atom stereocenters. The lowest BCUT2D eigenvalue weighted by Gasteiger charge is -2.49. The first-order valence-corrected chi connectivity index (χ1v) is 20.3. The van der Waals surface area contributed by atoms with Crippen LogP contribution in [-0.2, 0) is 39.4 Å². The molecule has 5 rings (SSSR count). The summed E-state index contributed by atoms with van der Waals surface area (Å²) in [5.74, 6) is -0.725. The van der Waals surface area contributed by atoms with Crippen LogP contribution in [0.15, 0.2) is 52.9 Å². The van der Waals surface area contributed by atoms with Crippen molar-refractivity contribution in [3.63, 3.8) is 0 Å². The van der Waals surface area contributed by atoms with E-state index < -0.39 is 40.0 Å². The van der Waals surface area contributed by atoms with E-state index in [9.17, 15) is 24.0 Å². The Balaban J connectivity index is 0.000000265. The van der Waals surface area contributed by atoms with Gasteiger partial charge in [0.05, 0.1) is 11.3 Å². The third-order valence-corrected chi connectivity index (χ3v) is 11.4. The number of carbonyl (C=O) groups is 5. The average molecular weight is 763 g/mol. The van der Waals surface area contributed by atoms with Crippen molar-refractivity contribution in [2.75, 3.05) is 36.6 Å². The molecule has 0 bridgehead atoms. The maximum Gasteiger partial charge on any atom is 0.356 e. The third kappa shape index (κ3) is 8.67. The van der Waals surface area contributed by atoms with E-state index in [1.807, 2.05) is 30.3 Å². The highest BCUT2D eigenvalue weighted by molar-refractivity contribution is 8.00. The van der Waals surface area contributed by atoms with Gasteiger partial charge < -0.3 is 14.8 Å². The van der Waals surface area contributed by atoms with Gasteiger partial charge in [-0.2, -0.15) is 0 Å². The van der Waals surface area contributed by atoms with Gasteiger partial charge in [0.1, 0.15) is 28.6 Å². The number of rotatable bonds is 10. The number of hydrogen-bond donors (Lipinski definition) is 1. The minimum absolute atomic E-state index is 0. The Morgan fingerprint density at radius 2 is 1.37 bits per heavy atom. The van der Waals surface area contributed by atoms with Crippen LogP contribution < -0.4 is 5.73 Å². The van der Waals surface area contributed by atoms with E-state index in [0.29, 0.717) is 29.1 Å². The van der Waals surface area contributed by atoms with Crippen molar-refractivity contribution in [3.8, 4) is 0 Å². The van der Waals surface area contributed by atoms with Crippen LogP contribution in [0.4, 0.5) is 0 Å². The summed E-state index contributed by atoms with van der Waals surface area (Å²) in [6, 6.07) is 8.88. The number of amides is 2. The summed E-state index contributed by atoms with van der Waals surface area (Å²) in [6.07, 6.45) is 0.463. The van der Waals surface area contributed by atoms with Gasteiger partial charge in [-0.25, -0.2) is 9.59 Å². The number of hydrogen-bond acceptors (Lipinski definition) is 10. The summed E-state index contributed by atoms with van der Waals surface area (Å²) >= 11 is 14.8. The van der Waals surface area contributed by atoms with Crippen molar-refractivity contribution < 1.29 is 33.0 Å². The number of carbonyl (C=O) groups excluding carboxylic acids is 5. The largest absolute Gasteiger partial charge is 0.452 e.